The molecule has 54 heavy (non-hydrogen) atoms. The van der Waals surface area contributed by atoms with Gasteiger partial charge in [-0.2, -0.15) is 0 Å². The fourth-order valence-corrected chi connectivity index (χ4v) is 9.52. The van der Waals surface area contributed by atoms with Gasteiger partial charge in [0.25, 0.3) is 0 Å². The number of nitrogens with one attached hydrogen (secondary N) is 1. The Kier molecular flexibility index (Phi) is 11.0. The van der Waals surface area contributed by atoms with E-state index >= 15 is 0 Å². The van der Waals surface area contributed by atoms with Crippen molar-refractivity contribution < 1.29 is 41.5 Å². The number of benzene rings is 1. The molecule has 0 spiro atoms. The molecule has 6 rings (SSSR count). The second-order valence-corrected chi connectivity index (χ2v) is 19.3. The van der Waals surface area contributed by atoms with E-state index in [4.69, 9.17) is 9.47 Å². The third-order valence-corrected chi connectivity index (χ3v) is 14.2. The predicted octanol–water partition coefficient (Wildman–Crippen LogP) is 5.53. The van der Waals surface area contributed by atoms with Gasteiger partial charge in [0.1, 0.15) is 29.1 Å². The SMILES string of the molecule is COc1ccc2ncc(O[C@@H]3C[C@H]4C(=O)C[C@]5(C(=O)NS(=O)(=O)C6(CF)CC6)C[C@H]5/C=C\CC[C@@H](C)C[C@@H](C)[C@H](CC(=O)C(C)(C)C)C(=O)N4C3)nc2c1. The maximum absolute atomic E-state index is 14.8. The summed E-state index contributed by atoms with van der Waals surface area (Å²) < 4.78 is 52.4. The monoisotopic (exact) mass is 768 g/mol. The average Bonchev–Trinajstić information content (AvgIpc) is 4.02. The number of ketones is 2. The molecule has 14 heteroatoms. The number of hydrogen-bond donors (Lipinski definition) is 1. The van der Waals surface area contributed by atoms with E-state index in [1.165, 1.54) is 11.1 Å². The molecular weight excluding hydrogens is 716 g/mol. The van der Waals surface area contributed by atoms with Gasteiger partial charge >= 0.3 is 0 Å². The Morgan fingerprint density at radius 2 is 1.85 bits per heavy atom. The summed E-state index contributed by atoms with van der Waals surface area (Å²) in [5, 5.41) is 0. The first-order chi connectivity index (χ1) is 25.4. The van der Waals surface area contributed by atoms with Crippen molar-refractivity contribution in [1.29, 1.82) is 0 Å². The van der Waals surface area contributed by atoms with Gasteiger partial charge in [-0.25, -0.2) is 22.8 Å². The van der Waals surface area contributed by atoms with E-state index in [1.54, 1.807) is 25.3 Å². The molecule has 1 N–H and O–H groups in total. The lowest BCUT2D eigenvalue weighted by atomic mass is 9.77. The minimum absolute atomic E-state index is 0.0135. The standard InChI is InChI=1S/C40H53FN4O8S/c1-24-9-7-8-10-26-19-40(26,37(49)44-54(50,51)39(23-41)13-14-39)20-33(46)32-17-28(53-35-21-42-30-12-11-27(52-6)16-31(30)43-35)22-45(32)36(48)29(25(2)15-24)18-34(47)38(3,4)5/h8,10-12,16,21,24-26,28-29,32H,7,9,13-15,17-20,22-23H2,1-6H3,(H,44,49)/b10-8-/t24-,25-,26-,28-,29+,32+,40-/m1/s1. The summed E-state index contributed by atoms with van der Waals surface area (Å²) in [5.41, 5.74) is -0.893. The van der Waals surface area contributed by atoms with Crippen LogP contribution in [0.25, 0.3) is 11.0 Å². The molecule has 2 aromatic rings. The number of methoxy groups -OCH3 is 1. The topological polar surface area (TPSA) is 162 Å². The highest BCUT2D eigenvalue weighted by Crippen LogP contribution is 2.58. The third-order valence-electron chi connectivity index (χ3n) is 12.1. The van der Waals surface area contributed by atoms with Crippen LogP contribution in [-0.4, -0.2) is 83.9 Å². The smallest absolute Gasteiger partial charge is 0.243 e. The van der Waals surface area contributed by atoms with Crippen LogP contribution in [0.4, 0.5) is 4.39 Å². The zero-order chi connectivity index (χ0) is 39.2. The number of amides is 2. The van der Waals surface area contributed by atoms with Gasteiger partial charge in [0.2, 0.25) is 27.7 Å². The van der Waals surface area contributed by atoms with Crippen LogP contribution in [0.3, 0.4) is 0 Å². The fraction of sp³-hybridized carbons (Fsp3) is 0.650. The summed E-state index contributed by atoms with van der Waals surface area (Å²) in [7, 11) is -2.78. The molecular formula is C40H53FN4O8S. The van der Waals surface area contributed by atoms with Crippen molar-refractivity contribution in [2.24, 2.45) is 34.5 Å². The van der Waals surface area contributed by atoms with Gasteiger partial charge in [0.15, 0.2) is 5.78 Å². The Hall–Kier alpha value is -3.94. The zero-order valence-electron chi connectivity index (χ0n) is 32.1. The molecule has 294 valence electrons. The second kappa shape index (κ2) is 15.0. The van der Waals surface area contributed by atoms with Gasteiger partial charge in [-0.1, -0.05) is 46.8 Å². The van der Waals surface area contributed by atoms with Crippen LogP contribution < -0.4 is 14.2 Å². The number of hydrogen-bond acceptors (Lipinski definition) is 10. The Bertz CT molecular complexity index is 1940. The normalized spacial score (nSPS) is 30.7. The van der Waals surface area contributed by atoms with Crippen molar-refractivity contribution >= 4 is 44.4 Å². The predicted molar refractivity (Wildman–Crippen MR) is 200 cm³/mol. The molecule has 1 aromatic heterocycles. The number of fused-ring (bicyclic) bond motifs is 3. The van der Waals surface area contributed by atoms with E-state index in [0.717, 1.165) is 6.42 Å². The molecule has 2 saturated carbocycles. The van der Waals surface area contributed by atoms with Crippen molar-refractivity contribution in [2.75, 3.05) is 20.3 Å². The molecule has 2 aliphatic heterocycles. The van der Waals surface area contributed by atoms with Gasteiger partial charge in [0.05, 0.1) is 42.3 Å². The summed E-state index contributed by atoms with van der Waals surface area (Å²) in [6.07, 6.45) is 7.11. The van der Waals surface area contributed by atoms with Gasteiger partial charge < -0.3 is 14.4 Å². The quantitative estimate of drug-likeness (QED) is 0.321. The lowest BCUT2D eigenvalue weighted by Gasteiger charge is -2.33. The number of sulfonamides is 1. The Morgan fingerprint density at radius 3 is 2.52 bits per heavy atom. The molecule has 7 atom stereocenters. The molecule has 3 heterocycles. The molecule has 12 nitrogen and oxygen atoms in total. The lowest BCUT2D eigenvalue weighted by molar-refractivity contribution is -0.145. The first kappa shape index (κ1) is 39.7. The first-order valence-corrected chi connectivity index (χ1v) is 20.5. The minimum Gasteiger partial charge on any atom is -0.497 e. The van der Waals surface area contributed by atoms with Crippen LogP contribution >= 0.6 is 0 Å². The number of nitrogens with zero attached hydrogens (tertiary/aromatic N) is 3. The summed E-state index contributed by atoms with van der Waals surface area (Å²) >= 11 is 0. The van der Waals surface area contributed by atoms with Crippen molar-refractivity contribution in [3.05, 3.63) is 36.5 Å². The number of aromatic nitrogens is 2. The van der Waals surface area contributed by atoms with E-state index in [9.17, 15) is 32.0 Å². The molecule has 2 aliphatic carbocycles. The molecule has 2 amide bonds. The lowest BCUT2D eigenvalue weighted by Crippen LogP contribution is -2.48. The van der Waals surface area contributed by atoms with E-state index in [2.05, 4.69) is 21.6 Å². The van der Waals surface area contributed by atoms with Gasteiger partial charge in [-0.05, 0) is 68.4 Å². The number of Topliss-reactive ketones (excluding diaryl/α,β-unsaturated/α-hetero) is 2. The molecule has 1 saturated heterocycles. The minimum atomic E-state index is -4.32. The molecule has 1 aromatic carbocycles. The van der Waals surface area contributed by atoms with Gasteiger partial charge in [-0.3, -0.25) is 23.9 Å². The van der Waals surface area contributed by atoms with Crippen LogP contribution in [0, 0.1) is 34.5 Å². The second-order valence-electron chi connectivity index (χ2n) is 17.2. The molecule has 0 bridgehead atoms. The van der Waals surface area contributed by atoms with Crippen LogP contribution in [0.2, 0.25) is 0 Å². The van der Waals surface area contributed by atoms with Crippen LogP contribution in [-0.2, 0) is 29.2 Å². The van der Waals surface area contributed by atoms with Gasteiger partial charge in [0, 0.05) is 36.7 Å². The number of carbonyl (C=O) groups is 4. The van der Waals surface area contributed by atoms with E-state index in [1.807, 2.05) is 39.8 Å². The molecule has 4 aliphatic rings. The maximum atomic E-state index is 14.8. The van der Waals surface area contributed by atoms with Crippen molar-refractivity contribution in [1.82, 2.24) is 19.6 Å². The number of ether oxygens (including phenoxy) is 2. The van der Waals surface area contributed by atoms with Crippen molar-refractivity contribution in [3.63, 3.8) is 0 Å². The highest BCUT2D eigenvalue weighted by Gasteiger charge is 2.63. The molecule has 0 radical (unpaired) electrons. The van der Waals surface area contributed by atoms with Crippen LogP contribution in [0.5, 0.6) is 11.6 Å². The van der Waals surface area contributed by atoms with E-state index in [0.29, 0.717) is 29.6 Å². The summed E-state index contributed by atoms with van der Waals surface area (Å²) in [4.78, 5) is 67.3. The van der Waals surface area contributed by atoms with Crippen molar-refractivity contribution in [2.45, 2.75) is 109 Å². The highest BCUT2D eigenvalue weighted by molar-refractivity contribution is 7.91. The Labute approximate surface area is 317 Å². The summed E-state index contributed by atoms with van der Waals surface area (Å²) in [6, 6.07) is 4.26. The highest BCUT2D eigenvalue weighted by atomic mass is 32.2. The first-order valence-electron chi connectivity index (χ1n) is 19.1. The number of rotatable bonds is 9. The number of carbonyl (C=O) groups excluding carboxylic acids is 4. The summed E-state index contributed by atoms with van der Waals surface area (Å²) in [6.45, 7) is 8.51. The summed E-state index contributed by atoms with van der Waals surface area (Å²) in [5.74, 6) is -1.90. The van der Waals surface area contributed by atoms with Crippen molar-refractivity contribution in [3.8, 4) is 11.6 Å². The van der Waals surface area contributed by atoms with Gasteiger partial charge in [-0.15, -0.1) is 0 Å². The average molecular weight is 769 g/mol. The number of halogens is 1. The zero-order valence-corrected chi connectivity index (χ0v) is 32.9. The van der Waals surface area contributed by atoms with Crippen LogP contribution in [0.1, 0.15) is 92.4 Å². The molecule has 3 fully saturated rings. The third kappa shape index (κ3) is 8.04. The van der Waals surface area contributed by atoms with E-state index in [-0.39, 0.29) is 74.5 Å². The Balaban J connectivity index is 1.34. The Morgan fingerprint density at radius 1 is 1.11 bits per heavy atom. The van der Waals surface area contributed by atoms with Crippen LogP contribution in [0.15, 0.2) is 36.5 Å². The maximum Gasteiger partial charge on any atom is 0.243 e. The number of allylic oxidation sites excluding steroid dienone is 2. The van der Waals surface area contributed by atoms with E-state index < -0.39 is 67.9 Å². The largest absolute Gasteiger partial charge is 0.497 e. The molecule has 0 unspecified atom stereocenters. The number of alkyl halides is 1. The fourth-order valence-electron chi connectivity index (χ4n) is 8.07.